The molecule has 0 fully saturated rings. The molecule has 0 saturated heterocycles. The maximum Gasteiger partial charge on any atom is 0.255 e. The summed E-state index contributed by atoms with van der Waals surface area (Å²) in [6.07, 6.45) is 1.66. The van der Waals surface area contributed by atoms with Crippen LogP contribution in [-0.2, 0) is 0 Å². The molecule has 0 saturated carbocycles. The minimum atomic E-state index is 0.325. The van der Waals surface area contributed by atoms with Crippen molar-refractivity contribution < 1.29 is 0 Å². The number of pyridine rings is 1. The minimum absolute atomic E-state index is 0.325. The molecule has 4 aromatic heterocycles. The molecular weight excluding hydrogens is 332 g/mol. The summed E-state index contributed by atoms with van der Waals surface area (Å²) in [6.45, 7) is 12.9. The number of H-pyrrole nitrogens is 1. The Kier molecular flexibility index (Phi) is 3.54. The van der Waals surface area contributed by atoms with Crippen molar-refractivity contribution in [2.45, 2.75) is 20.8 Å². The number of aromatic nitrogens is 7. The van der Waals surface area contributed by atoms with E-state index in [0.717, 1.165) is 11.5 Å². The largest absolute Gasteiger partial charge is 0.293 e. The number of aromatic amines is 1. The van der Waals surface area contributed by atoms with E-state index in [9.17, 15) is 0 Å². The van der Waals surface area contributed by atoms with Crippen LogP contribution in [-0.4, -0.2) is 34.6 Å². The van der Waals surface area contributed by atoms with Crippen molar-refractivity contribution in [3.8, 4) is 5.82 Å². The Labute approximate surface area is 148 Å². The van der Waals surface area contributed by atoms with Gasteiger partial charge in [0.2, 0.25) is 5.65 Å². The third-order valence-corrected chi connectivity index (χ3v) is 3.90. The predicted molar refractivity (Wildman–Crippen MR) is 93.3 cm³/mol. The maximum atomic E-state index is 7.45. The summed E-state index contributed by atoms with van der Waals surface area (Å²) in [5, 5.41) is 24.3. The Morgan fingerprint density at radius 3 is 2.73 bits per heavy atom. The van der Waals surface area contributed by atoms with Gasteiger partial charge in [-0.3, -0.25) is 5.10 Å². The normalized spacial score (nSPS) is 11.5. The summed E-state index contributed by atoms with van der Waals surface area (Å²) in [6, 6.07) is 5.45. The van der Waals surface area contributed by atoms with Gasteiger partial charge >= 0.3 is 0 Å². The first kappa shape index (κ1) is 15.6. The van der Waals surface area contributed by atoms with Gasteiger partial charge in [-0.25, -0.2) is 19.0 Å². The number of nitrogens with one attached hydrogen (secondary N) is 1. The predicted octanol–water partition coefficient (Wildman–Crippen LogP) is 3.53. The Morgan fingerprint density at radius 1 is 1.15 bits per heavy atom. The molecule has 0 aromatic carbocycles. The lowest BCUT2D eigenvalue weighted by molar-refractivity contribution is 0.826. The van der Waals surface area contributed by atoms with Crippen LogP contribution in [0.1, 0.15) is 17.2 Å². The van der Waals surface area contributed by atoms with E-state index in [2.05, 4.69) is 40.5 Å². The van der Waals surface area contributed by atoms with Gasteiger partial charge in [0.25, 0.3) is 5.69 Å². The fourth-order valence-corrected chi connectivity index (χ4v) is 2.62. The molecule has 0 aliphatic rings. The lowest BCUT2D eigenvalue weighted by Crippen LogP contribution is -1.98. The number of hydrogen-bond donors (Lipinski definition) is 1. The topological polar surface area (TPSA) is 106 Å². The molecule has 10 nitrogen and oxygen atoms in total. The molecule has 0 atom stereocenters. The highest BCUT2D eigenvalue weighted by atomic mass is 15.4. The highest BCUT2D eigenvalue weighted by molar-refractivity contribution is 5.69. The van der Waals surface area contributed by atoms with E-state index in [0.29, 0.717) is 34.4 Å². The molecule has 0 aliphatic heterocycles. The van der Waals surface area contributed by atoms with E-state index in [-0.39, 0.29) is 0 Å². The number of nitrogens with zero attached hydrogens (tertiary/aromatic N) is 9. The van der Waals surface area contributed by atoms with Gasteiger partial charge in [0.1, 0.15) is 5.82 Å². The van der Waals surface area contributed by atoms with E-state index in [1.807, 2.05) is 26.0 Å². The second kappa shape index (κ2) is 5.89. The van der Waals surface area contributed by atoms with Gasteiger partial charge in [-0.1, -0.05) is 6.07 Å². The third kappa shape index (κ3) is 2.34. The average molecular weight is 346 g/mol. The number of hydrogen-bond acceptors (Lipinski definition) is 6. The lowest BCUT2D eigenvalue weighted by atomic mass is 10.4. The zero-order chi connectivity index (χ0) is 18.3. The van der Waals surface area contributed by atoms with Crippen molar-refractivity contribution in [1.82, 2.24) is 34.6 Å². The van der Waals surface area contributed by atoms with E-state index in [4.69, 9.17) is 6.57 Å². The van der Waals surface area contributed by atoms with Gasteiger partial charge < -0.3 is 0 Å². The van der Waals surface area contributed by atoms with Crippen LogP contribution < -0.4 is 0 Å². The monoisotopic (exact) mass is 346 g/mol. The third-order valence-electron chi connectivity index (χ3n) is 3.90. The molecule has 0 amide bonds. The molecule has 4 rings (SSSR count). The first-order valence-corrected chi connectivity index (χ1v) is 7.80. The Balaban J connectivity index is 1.87. The van der Waals surface area contributed by atoms with Gasteiger partial charge in [-0.05, 0) is 32.9 Å². The van der Waals surface area contributed by atoms with Crippen molar-refractivity contribution in [2.75, 3.05) is 0 Å². The van der Waals surface area contributed by atoms with Crippen LogP contribution in [0.4, 0.5) is 17.2 Å². The number of rotatable bonds is 3. The summed E-state index contributed by atoms with van der Waals surface area (Å²) in [5.41, 5.74) is 2.84. The maximum absolute atomic E-state index is 7.45. The summed E-state index contributed by atoms with van der Waals surface area (Å²) in [5.74, 6) is 1.61. The molecule has 0 aliphatic carbocycles. The van der Waals surface area contributed by atoms with Gasteiger partial charge in [0.15, 0.2) is 17.3 Å². The zero-order valence-electron chi connectivity index (χ0n) is 14.3. The molecule has 4 aromatic rings. The Bertz CT molecular complexity index is 1170. The van der Waals surface area contributed by atoms with Crippen molar-refractivity contribution in [3.63, 3.8) is 0 Å². The van der Waals surface area contributed by atoms with Crippen molar-refractivity contribution in [2.24, 2.45) is 10.2 Å². The standard InChI is InChI=1S/C16H14N10/c1-9-13(17-4)15(26(24-9)12-7-5-6-8-18-12)22-20-14-10(2)23-25-11(3)19-21-16(14)25/h5-8,23H,1-3H3. The first-order chi connectivity index (χ1) is 12.6. The smallest absolute Gasteiger partial charge is 0.255 e. The average Bonchev–Trinajstić information content (AvgIpc) is 3.27. The van der Waals surface area contributed by atoms with Crippen LogP contribution in [0.3, 0.4) is 0 Å². The molecular formula is C16H14N10. The molecule has 1 N–H and O–H groups in total. The number of aryl methyl sites for hydroxylation is 3. The van der Waals surface area contributed by atoms with Crippen LogP contribution in [0.25, 0.3) is 16.3 Å². The first-order valence-electron chi connectivity index (χ1n) is 7.80. The van der Waals surface area contributed by atoms with Crippen molar-refractivity contribution in [1.29, 1.82) is 0 Å². The summed E-state index contributed by atoms with van der Waals surface area (Å²) < 4.78 is 3.25. The molecule has 0 bridgehead atoms. The second-order valence-electron chi connectivity index (χ2n) is 5.66. The molecule has 4 heterocycles. The van der Waals surface area contributed by atoms with E-state index in [1.54, 1.807) is 23.7 Å². The highest BCUT2D eigenvalue weighted by Gasteiger charge is 2.18. The van der Waals surface area contributed by atoms with E-state index < -0.39 is 0 Å². The lowest BCUT2D eigenvalue weighted by Gasteiger charge is -2.02. The molecule has 10 heteroatoms. The van der Waals surface area contributed by atoms with Gasteiger partial charge in [0, 0.05) is 6.20 Å². The molecule has 0 spiro atoms. The second-order valence-corrected chi connectivity index (χ2v) is 5.66. The SMILES string of the molecule is [C-]#[N+]c1c(C)nn(-c2ccccn2)c1N=Nc1c(C)[nH]n2c(C)nnc12. The fraction of sp³-hybridized carbons (Fsp3) is 0.188. The molecule has 26 heavy (non-hydrogen) atoms. The minimum Gasteiger partial charge on any atom is -0.293 e. The quantitative estimate of drug-likeness (QED) is 0.452. The van der Waals surface area contributed by atoms with Gasteiger partial charge in [-0.15, -0.1) is 20.4 Å². The van der Waals surface area contributed by atoms with Crippen LogP contribution in [0.2, 0.25) is 0 Å². The summed E-state index contributed by atoms with van der Waals surface area (Å²) in [7, 11) is 0. The van der Waals surface area contributed by atoms with Gasteiger partial charge in [0.05, 0.1) is 18.0 Å². The van der Waals surface area contributed by atoms with Gasteiger partial charge in [-0.2, -0.15) is 5.10 Å². The van der Waals surface area contributed by atoms with Crippen molar-refractivity contribution in [3.05, 3.63) is 53.0 Å². The van der Waals surface area contributed by atoms with Crippen LogP contribution in [0, 0.1) is 27.3 Å². The van der Waals surface area contributed by atoms with Crippen LogP contribution >= 0.6 is 0 Å². The summed E-state index contributed by atoms with van der Waals surface area (Å²) in [4.78, 5) is 7.83. The Hall–Kier alpha value is -3.87. The highest BCUT2D eigenvalue weighted by Crippen LogP contribution is 2.35. The van der Waals surface area contributed by atoms with Crippen LogP contribution in [0.15, 0.2) is 34.6 Å². The van der Waals surface area contributed by atoms with E-state index >= 15 is 0 Å². The Morgan fingerprint density at radius 2 is 2.00 bits per heavy atom. The van der Waals surface area contributed by atoms with Crippen LogP contribution in [0.5, 0.6) is 0 Å². The summed E-state index contributed by atoms with van der Waals surface area (Å²) >= 11 is 0. The molecule has 0 radical (unpaired) electrons. The fourth-order valence-electron chi connectivity index (χ4n) is 2.62. The van der Waals surface area contributed by atoms with E-state index in [1.165, 1.54) is 4.68 Å². The molecule has 128 valence electrons. The number of azo groups is 1. The zero-order valence-corrected chi connectivity index (χ0v) is 14.3. The number of fused-ring (bicyclic) bond motifs is 1. The van der Waals surface area contributed by atoms with Crippen molar-refractivity contribution >= 4 is 22.8 Å². The molecule has 0 unspecified atom stereocenters.